The Hall–Kier alpha value is -1.89. The van der Waals surface area contributed by atoms with Crippen LogP contribution in [0.25, 0.3) is 0 Å². The van der Waals surface area contributed by atoms with Crippen LogP contribution in [0.3, 0.4) is 0 Å². The molecule has 6 nitrogen and oxygen atoms in total. The summed E-state index contributed by atoms with van der Waals surface area (Å²) in [7, 11) is -3.73. The third kappa shape index (κ3) is 9.43. The number of Topliss-reactive ketones (excluding diaryl/α,β-unsaturated/α-hetero) is 1. The van der Waals surface area contributed by atoms with Crippen molar-refractivity contribution in [1.29, 1.82) is 0 Å². The summed E-state index contributed by atoms with van der Waals surface area (Å²) in [6.07, 6.45) is 3.92. The fraction of sp³-hybridized carbons (Fsp3) is 0.636. The molecule has 1 aromatic rings. The van der Waals surface area contributed by atoms with E-state index in [1.54, 1.807) is 39.0 Å². The maximum atomic E-state index is 13.0. The summed E-state index contributed by atoms with van der Waals surface area (Å²) >= 11 is 0. The third-order valence-corrected chi connectivity index (χ3v) is 6.57. The van der Waals surface area contributed by atoms with Crippen LogP contribution < -0.4 is 5.32 Å². The molecule has 1 rings (SSSR count). The molecular formula is C22H35NO5S. The van der Waals surface area contributed by atoms with Crippen LogP contribution in [0, 0.1) is 0 Å². The molecule has 0 heterocycles. The van der Waals surface area contributed by atoms with Crippen molar-refractivity contribution in [2.24, 2.45) is 0 Å². The summed E-state index contributed by atoms with van der Waals surface area (Å²) in [5.41, 5.74) is -0.590. The first-order valence-electron chi connectivity index (χ1n) is 10.4. The molecule has 29 heavy (non-hydrogen) atoms. The molecule has 0 aliphatic heterocycles. The molecule has 0 fully saturated rings. The molecule has 1 atom stereocenters. The average Bonchev–Trinajstić information content (AvgIpc) is 2.64. The minimum atomic E-state index is -3.73. The second kappa shape index (κ2) is 12.0. The lowest BCUT2D eigenvalue weighted by Crippen LogP contribution is -2.34. The van der Waals surface area contributed by atoms with Crippen LogP contribution in [-0.2, 0) is 19.4 Å². The number of alkyl carbamates (subject to hydrolysis) is 1. The highest BCUT2D eigenvalue weighted by Gasteiger charge is 2.32. The van der Waals surface area contributed by atoms with Gasteiger partial charge in [-0.25, -0.2) is 13.2 Å². The molecule has 1 aromatic carbocycles. The van der Waals surface area contributed by atoms with Gasteiger partial charge in [0.2, 0.25) is 0 Å². The third-order valence-electron chi connectivity index (χ3n) is 4.39. The largest absolute Gasteiger partial charge is 0.444 e. The summed E-state index contributed by atoms with van der Waals surface area (Å²) in [6.45, 7) is 7.66. The van der Waals surface area contributed by atoms with Crippen molar-refractivity contribution in [2.75, 3.05) is 6.54 Å². The van der Waals surface area contributed by atoms with E-state index in [1.165, 1.54) is 12.1 Å². The number of rotatable bonds is 12. The topological polar surface area (TPSA) is 89.5 Å². The molecule has 0 aliphatic carbocycles. The van der Waals surface area contributed by atoms with Crippen molar-refractivity contribution in [3.8, 4) is 0 Å². The van der Waals surface area contributed by atoms with Gasteiger partial charge in [-0.15, -0.1) is 0 Å². The number of carbonyl (C=O) groups is 2. The van der Waals surface area contributed by atoms with Crippen molar-refractivity contribution in [2.45, 2.75) is 88.4 Å². The fourth-order valence-electron chi connectivity index (χ4n) is 2.95. The highest BCUT2D eigenvalue weighted by Crippen LogP contribution is 2.23. The Bertz CT molecular complexity index is 738. The Kier molecular flexibility index (Phi) is 10.4. The van der Waals surface area contributed by atoms with Crippen LogP contribution in [-0.4, -0.2) is 37.7 Å². The summed E-state index contributed by atoms with van der Waals surface area (Å²) in [4.78, 5) is 24.6. The van der Waals surface area contributed by atoms with Crippen molar-refractivity contribution < 1.29 is 22.7 Å². The Morgan fingerprint density at radius 3 is 2.28 bits per heavy atom. The maximum Gasteiger partial charge on any atom is 0.407 e. The normalized spacial score (nSPS) is 13.0. The quantitative estimate of drug-likeness (QED) is 0.491. The van der Waals surface area contributed by atoms with Crippen LogP contribution in [0.1, 0.15) is 72.6 Å². The minimum absolute atomic E-state index is 0.0975. The van der Waals surface area contributed by atoms with Crippen LogP contribution >= 0.6 is 0 Å². The summed E-state index contributed by atoms with van der Waals surface area (Å²) in [6, 6.07) is 8.14. The van der Waals surface area contributed by atoms with Crippen molar-refractivity contribution in [1.82, 2.24) is 5.32 Å². The van der Waals surface area contributed by atoms with Crippen LogP contribution in [0.15, 0.2) is 35.2 Å². The predicted octanol–water partition coefficient (Wildman–Crippen LogP) is 4.67. The lowest BCUT2D eigenvalue weighted by Gasteiger charge is -2.20. The Morgan fingerprint density at radius 1 is 1.03 bits per heavy atom. The lowest BCUT2D eigenvalue weighted by atomic mass is 10.1. The fourth-order valence-corrected chi connectivity index (χ4v) is 4.75. The van der Waals surface area contributed by atoms with Crippen molar-refractivity contribution >= 4 is 21.7 Å². The van der Waals surface area contributed by atoms with E-state index >= 15 is 0 Å². The molecule has 0 saturated carbocycles. The van der Waals surface area contributed by atoms with E-state index < -0.39 is 26.8 Å². The van der Waals surface area contributed by atoms with Crippen molar-refractivity contribution in [3.63, 3.8) is 0 Å². The van der Waals surface area contributed by atoms with Gasteiger partial charge in [0.25, 0.3) is 0 Å². The van der Waals surface area contributed by atoms with Gasteiger partial charge in [0, 0.05) is 13.0 Å². The molecule has 0 aromatic heterocycles. The standard InChI is InChI=1S/C22H35NO5S/c1-5-6-7-11-16-20(29(26,27)18-13-9-8-10-14-18)19(24)15-12-17-23-21(25)28-22(2,3)4/h8-10,13-14,20H,5-7,11-12,15-17H2,1-4H3,(H,23,25). The molecule has 0 spiro atoms. The van der Waals surface area contributed by atoms with Gasteiger partial charge in [-0.1, -0.05) is 50.8 Å². The SMILES string of the molecule is CCCCCCC(C(=O)CCCNC(=O)OC(C)(C)C)S(=O)(=O)c1ccccc1. The molecule has 0 bridgehead atoms. The Labute approximate surface area is 175 Å². The zero-order valence-electron chi connectivity index (χ0n) is 18.1. The van der Waals surface area contributed by atoms with E-state index in [0.717, 1.165) is 19.3 Å². The molecule has 164 valence electrons. The molecule has 1 amide bonds. The first kappa shape index (κ1) is 25.1. The maximum absolute atomic E-state index is 13.0. The molecular weight excluding hydrogens is 390 g/mol. The van der Waals surface area contributed by atoms with E-state index in [4.69, 9.17) is 4.74 Å². The van der Waals surface area contributed by atoms with Gasteiger partial charge < -0.3 is 10.1 Å². The number of benzene rings is 1. The van der Waals surface area contributed by atoms with E-state index in [9.17, 15) is 18.0 Å². The zero-order chi connectivity index (χ0) is 21.9. The van der Waals surface area contributed by atoms with E-state index in [1.807, 2.05) is 0 Å². The van der Waals surface area contributed by atoms with E-state index in [0.29, 0.717) is 19.3 Å². The summed E-state index contributed by atoms with van der Waals surface area (Å²) < 4.78 is 31.2. The molecule has 1 unspecified atom stereocenters. The summed E-state index contributed by atoms with van der Waals surface area (Å²) in [5.74, 6) is -0.295. The average molecular weight is 426 g/mol. The predicted molar refractivity (Wildman–Crippen MR) is 115 cm³/mol. The van der Waals surface area contributed by atoms with E-state index in [2.05, 4.69) is 12.2 Å². The van der Waals surface area contributed by atoms with E-state index in [-0.39, 0.29) is 23.6 Å². The highest BCUT2D eigenvalue weighted by atomic mass is 32.2. The van der Waals surface area contributed by atoms with Gasteiger partial charge >= 0.3 is 6.09 Å². The zero-order valence-corrected chi connectivity index (χ0v) is 18.9. The smallest absolute Gasteiger partial charge is 0.407 e. The number of hydrogen-bond donors (Lipinski definition) is 1. The monoisotopic (exact) mass is 425 g/mol. The number of unbranched alkanes of at least 4 members (excludes halogenated alkanes) is 3. The van der Waals surface area contributed by atoms with Crippen molar-refractivity contribution in [3.05, 3.63) is 30.3 Å². The molecule has 0 radical (unpaired) electrons. The number of ether oxygens (including phenoxy) is 1. The van der Waals surface area contributed by atoms with Gasteiger partial charge in [-0.2, -0.15) is 0 Å². The molecule has 0 aliphatic rings. The molecule has 7 heteroatoms. The lowest BCUT2D eigenvalue weighted by molar-refractivity contribution is -0.118. The minimum Gasteiger partial charge on any atom is -0.444 e. The Balaban J connectivity index is 2.70. The number of carbonyl (C=O) groups excluding carboxylic acids is 2. The van der Waals surface area contributed by atoms with Crippen LogP contribution in [0.2, 0.25) is 0 Å². The van der Waals surface area contributed by atoms with Gasteiger partial charge in [-0.05, 0) is 45.7 Å². The van der Waals surface area contributed by atoms with Crippen LogP contribution in [0.4, 0.5) is 4.79 Å². The van der Waals surface area contributed by atoms with Gasteiger partial charge in [0.05, 0.1) is 4.90 Å². The number of hydrogen-bond acceptors (Lipinski definition) is 5. The number of nitrogens with one attached hydrogen (secondary N) is 1. The summed E-state index contributed by atoms with van der Waals surface area (Å²) in [5, 5.41) is 1.56. The Morgan fingerprint density at radius 2 is 1.69 bits per heavy atom. The second-order valence-corrected chi connectivity index (χ2v) is 10.3. The van der Waals surface area contributed by atoms with Gasteiger partial charge in [-0.3, -0.25) is 4.79 Å². The number of amides is 1. The first-order valence-corrected chi connectivity index (χ1v) is 11.9. The van der Waals surface area contributed by atoms with Gasteiger partial charge in [0.15, 0.2) is 15.6 Å². The molecule has 1 N–H and O–H groups in total. The van der Waals surface area contributed by atoms with Crippen LogP contribution in [0.5, 0.6) is 0 Å². The number of ketones is 1. The number of sulfone groups is 1. The first-order chi connectivity index (χ1) is 13.6. The highest BCUT2D eigenvalue weighted by molar-refractivity contribution is 7.92. The van der Waals surface area contributed by atoms with Gasteiger partial charge in [0.1, 0.15) is 10.9 Å². The second-order valence-electron chi connectivity index (χ2n) is 8.19. The molecule has 0 saturated heterocycles.